The highest BCUT2D eigenvalue weighted by Gasteiger charge is 2.32. The van der Waals surface area contributed by atoms with Gasteiger partial charge in [0.15, 0.2) is 0 Å². The number of halogens is 2. The van der Waals surface area contributed by atoms with Crippen molar-refractivity contribution in [3.8, 4) is 11.1 Å². The zero-order valence-electron chi connectivity index (χ0n) is 19.1. The number of H-pyrrole nitrogens is 1. The molecule has 2 aromatic heterocycles. The molecule has 0 bridgehead atoms. The van der Waals surface area contributed by atoms with Crippen molar-refractivity contribution in [3.63, 3.8) is 0 Å². The number of aryl methyl sites for hydroxylation is 2. The number of hydrogen-bond donors (Lipinski definition) is 3. The van der Waals surface area contributed by atoms with Gasteiger partial charge in [0.1, 0.15) is 11.7 Å². The molecule has 0 radical (unpaired) electrons. The van der Waals surface area contributed by atoms with Crippen molar-refractivity contribution < 1.29 is 18.4 Å². The SMILES string of the molecule is Cc1n[nH]c(C)c1-c1ccc(NC(=O)[C@@H](NC(=O)c2ccnn2C(F)F)C2CCCCC2)cc1. The van der Waals surface area contributed by atoms with Gasteiger partial charge in [0.05, 0.1) is 5.69 Å². The van der Waals surface area contributed by atoms with Crippen LogP contribution in [0.3, 0.4) is 0 Å². The Balaban J connectivity index is 1.51. The Labute approximate surface area is 196 Å². The minimum atomic E-state index is -2.95. The molecule has 0 aliphatic heterocycles. The fourth-order valence-corrected chi connectivity index (χ4v) is 4.65. The Bertz CT molecular complexity index is 1130. The van der Waals surface area contributed by atoms with Crippen LogP contribution in [-0.4, -0.2) is 37.8 Å². The normalized spacial score (nSPS) is 15.3. The Kier molecular flexibility index (Phi) is 7.04. The van der Waals surface area contributed by atoms with Crippen LogP contribution in [0, 0.1) is 19.8 Å². The molecule has 1 atom stereocenters. The summed E-state index contributed by atoms with van der Waals surface area (Å²) >= 11 is 0. The lowest BCUT2D eigenvalue weighted by atomic mass is 9.83. The zero-order chi connectivity index (χ0) is 24.2. The number of alkyl halides is 2. The summed E-state index contributed by atoms with van der Waals surface area (Å²) in [6.07, 6.45) is 5.69. The largest absolute Gasteiger partial charge is 0.339 e. The molecular weight excluding hydrogens is 442 g/mol. The van der Waals surface area contributed by atoms with E-state index in [0.717, 1.165) is 60.8 Å². The molecule has 1 aliphatic carbocycles. The molecule has 2 heterocycles. The first kappa shape index (κ1) is 23.6. The van der Waals surface area contributed by atoms with E-state index in [-0.39, 0.29) is 17.5 Å². The van der Waals surface area contributed by atoms with E-state index in [1.807, 2.05) is 26.0 Å². The quantitative estimate of drug-likeness (QED) is 0.469. The summed E-state index contributed by atoms with van der Waals surface area (Å²) in [6, 6.07) is 7.77. The van der Waals surface area contributed by atoms with Gasteiger partial charge >= 0.3 is 6.55 Å². The number of rotatable bonds is 7. The van der Waals surface area contributed by atoms with Crippen molar-refractivity contribution in [2.45, 2.75) is 58.5 Å². The van der Waals surface area contributed by atoms with Crippen LogP contribution >= 0.6 is 0 Å². The van der Waals surface area contributed by atoms with Crippen LogP contribution in [0.4, 0.5) is 14.5 Å². The number of benzene rings is 1. The molecule has 0 spiro atoms. The topological polar surface area (TPSA) is 105 Å². The van der Waals surface area contributed by atoms with Gasteiger partial charge in [0.2, 0.25) is 5.91 Å². The van der Waals surface area contributed by atoms with Gasteiger partial charge in [0, 0.05) is 23.1 Å². The van der Waals surface area contributed by atoms with E-state index in [4.69, 9.17) is 0 Å². The summed E-state index contributed by atoms with van der Waals surface area (Å²) in [4.78, 5) is 26.0. The van der Waals surface area contributed by atoms with Crippen molar-refractivity contribution in [1.29, 1.82) is 0 Å². The van der Waals surface area contributed by atoms with E-state index in [0.29, 0.717) is 10.4 Å². The van der Waals surface area contributed by atoms with Gasteiger partial charge in [-0.1, -0.05) is 31.4 Å². The number of hydrogen-bond acceptors (Lipinski definition) is 4. The molecular formula is C24H28F2N6O2. The van der Waals surface area contributed by atoms with E-state index >= 15 is 0 Å². The zero-order valence-corrected chi connectivity index (χ0v) is 19.1. The number of nitrogens with zero attached hydrogens (tertiary/aromatic N) is 3. The molecule has 10 heteroatoms. The first-order chi connectivity index (χ1) is 16.3. The predicted molar refractivity (Wildman–Crippen MR) is 123 cm³/mol. The maximum absolute atomic E-state index is 13.2. The number of amides is 2. The Morgan fingerprint density at radius 3 is 2.41 bits per heavy atom. The molecule has 0 unspecified atom stereocenters. The molecule has 3 N–H and O–H groups in total. The molecule has 1 saturated carbocycles. The maximum Gasteiger partial charge on any atom is 0.333 e. The molecule has 8 nitrogen and oxygen atoms in total. The Morgan fingerprint density at radius 2 is 1.79 bits per heavy atom. The second kappa shape index (κ2) is 10.1. The van der Waals surface area contributed by atoms with E-state index in [2.05, 4.69) is 25.9 Å². The lowest BCUT2D eigenvalue weighted by molar-refractivity contribution is -0.119. The summed E-state index contributed by atoms with van der Waals surface area (Å²) in [7, 11) is 0. The number of aromatic amines is 1. The summed E-state index contributed by atoms with van der Waals surface area (Å²) in [6.45, 7) is 0.924. The highest BCUT2D eigenvalue weighted by Crippen LogP contribution is 2.29. The van der Waals surface area contributed by atoms with E-state index in [1.165, 1.54) is 6.07 Å². The van der Waals surface area contributed by atoms with Crippen molar-refractivity contribution in [2.24, 2.45) is 5.92 Å². The van der Waals surface area contributed by atoms with Gasteiger partial charge in [-0.3, -0.25) is 14.7 Å². The number of nitrogens with one attached hydrogen (secondary N) is 3. The third-order valence-corrected chi connectivity index (χ3v) is 6.35. The molecule has 180 valence electrons. The van der Waals surface area contributed by atoms with Gasteiger partial charge in [-0.2, -0.15) is 23.7 Å². The van der Waals surface area contributed by atoms with Crippen LogP contribution in [0.1, 0.15) is 60.5 Å². The molecule has 34 heavy (non-hydrogen) atoms. The average molecular weight is 471 g/mol. The molecule has 3 aromatic rings. The van der Waals surface area contributed by atoms with Gasteiger partial charge in [-0.05, 0) is 56.4 Å². The molecule has 1 aliphatic rings. The standard InChI is InChI=1S/C24H28F2N6O2/c1-14-20(15(2)31-30-14)16-8-10-18(11-9-16)28-23(34)21(17-6-4-3-5-7-17)29-22(33)19-12-13-27-32(19)24(25)26/h8-13,17,21,24H,3-7H2,1-2H3,(H,28,34)(H,29,33)(H,30,31)/t21-/m0/s1. The monoisotopic (exact) mass is 470 g/mol. The smallest absolute Gasteiger partial charge is 0.333 e. The minimum Gasteiger partial charge on any atom is -0.339 e. The fourth-order valence-electron chi connectivity index (χ4n) is 4.65. The van der Waals surface area contributed by atoms with Gasteiger partial charge in [-0.15, -0.1) is 0 Å². The van der Waals surface area contributed by atoms with Crippen molar-refractivity contribution in [3.05, 3.63) is 53.6 Å². The van der Waals surface area contributed by atoms with Crippen LogP contribution in [-0.2, 0) is 4.79 Å². The van der Waals surface area contributed by atoms with Crippen LogP contribution in [0.15, 0.2) is 36.5 Å². The molecule has 4 rings (SSSR count). The van der Waals surface area contributed by atoms with Gasteiger partial charge < -0.3 is 10.6 Å². The van der Waals surface area contributed by atoms with Crippen molar-refractivity contribution in [1.82, 2.24) is 25.3 Å². The van der Waals surface area contributed by atoms with Crippen LogP contribution < -0.4 is 10.6 Å². The average Bonchev–Trinajstić information content (AvgIpc) is 3.45. The lowest BCUT2D eigenvalue weighted by Crippen LogP contribution is -2.49. The second-order valence-corrected chi connectivity index (χ2v) is 8.66. The number of carbonyl (C=O) groups excluding carboxylic acids is 2. The van der Waals surface area contributed by atoms with Crippen molar-refractivity contribution in [2.75, 3.05) is 5.32 Å². The Morgan fingerprint density at radius 1 is 1.09 bits per heavy atom. The number of carbonyl (C=O) groups is 2. The maximum atomic E-state index is 13.2. The van der Waals surface area contributed by atoms with Crippen LogP contribution in [0.5, 0.6) is 0 Å². The number of aromatic nitrogens is 4. The van der Waals surface area contributed by atoms with E-state index in [9.17, 15) is 18.4 Å². The summed E-state index contributed by atoms with van der Waals surface area (Å²) < 4.78 is 26.7. The third-order valence-electron chi connectivity index (χ3n) is 6.35. The van der Waals surface area contributed by atoms with E-state index in [1.54, 1.807) is 12.1 Å². The minimum absolute atomic E-state index is 0.0730. The lowest BCUT2D eigenvalue weighted by Gasteiger charge is -2.30. The highest BCUT2D eigenvalue weighted by molar-refractivity contribution is 6.00. The summed E-state index contributed by atoms with van der Waals surface area (Å²) in [5, 5.41) is 16.3. The number of anilines is 1. The predicted octanol–water partition coefficient (Wildman–Crippen LogP) is 4.60. The summed E-state index contributed by atoms with van der Waals surface area (Å²) in [5.74, 6) is -1.19. The van der Waals surface area contributed by atoms with Crippen LogP contribution in [0.25, 0.3) is 11.1 Å². The second-order valence-electron chi connectivity index (χ2n) is 8.66. The molecule has 1 fully saturated rings. The first-order valence-electron chi connectivity index (χ1n) is 11.4. The Hall–Kier alpha value is -3.56. The summed E-state index contributed by atoms with van der Waals surface area (Å²) in [5.41, 5.74) is 4.13. The molecule has 1 aromatic carbocycles. The third kappa shape index (κ3) is 5.00. The fraction of sp³-hybridized carbons (Fsp3) is 0.417. The molecule has 0 saturated heterocycles. The van der Waals surface area contributed by atoms with Crippen LogP contribution in [0.2, 0.25) is 0 Å². The van der Waals surface area contributed by atoms with E-state index < -0.39 is 18.5 Å². The first-order valence-corrected chi connectivity index (χ1v) is 11.4. The van der Waals surface area contributed by atoms with Gasteiger partial charge in [0.25, 0.3) is 5.91 Å². The van der Waals surface area contributed by atoms with Crippen molar-refractivity contribution >= 4 is 17.5 Å². The van der Waals surface area contributed by atoms with Gasteiger partial charge in [-0.25, -0.2) is 0 Å². The highest BCUT2D eigenvalue weighted by atomic mass is 19.3. The molecule has 2 amide bonds.